The summed E-state index contributed by atoms with van der Waals surface area (Å²) < 4.78 is 5.00. The Morgan fingerprint density at radius 2 is 1.94 bits per heavy atom. The molecule has 2 rings (SSSR count). The van der Waals surface area contributed by atoms with Crippen LogP contribution in [0.5, 0.6) is 5.75 Å². The molecule has 2 amide bonds. The SMILES string of the molecule is COc1ccc(C2=NC(=O)C(N)C(=O)N2)cc1. The molecule has 0 aliphatic carbocycles. The van der Waals surface area contributed by atoms with Crippen molar-refractivity contribution in [2.75, 3.05) is 7.11 Å². The second-order valence-corrected chi connectivity index (χ2v) is 3.49. The molecular formula is C11H11N3O3. The van der Waals surface area contributed by atoms with Crippen LogP contribution >= 0.6 is 0 Å². The number of rotatable bonds is 2. The van der Waals surface area contributed by atoms with Crippen LogP contribution in [0.25, 0.3) is 0 Å². The molecule has 0 saturated carbocycles. The van der Waals surface area contributed by atoms with E-state index < -0.39 is 17.9 Å². The van der Waals surface area contributed by atoms with Gasteiger partial charge in [-0.2, -0.15) is 4.99 Å². The first-order valence-corrected chi connectivity index (χ1v) is 4.95. The standard InChI is InChI=1S/C11H11N3O3/c1-17-7-4-2-6(3-5-7)9-13-10(15)8(12)11(16)14-9/h2-5,8H,12H2,1H3,(H,13,14,15,16). The Hall–Kier alpha value is -2.21. The van der Waals surface area contributed by atoms with Crippen LogP contribution in [0.3, 0.4) is 0 Å². The van der Waals surface area contributed by atoms with E-state index in [0.29, 0.717) is 11.3 Å². The third-order valence-electron chi connectivity index (χ3n) is 2.38. The van der Waals surface area contributed by atoms with Gasteiger partial charge in [-0.05, 0) is 24.3 Å². The predicted octanol–water partition coefficient (Wildman–Crippen LogP) is -0.574. The summed E-state index contributed by atoms with van der Waals surface area (Å²) >= 11 is 0. The molecule has 17 heavy (non-hydrogen) atoms. The summed E-state index contributed by atoms with van der Waals surface area (Å²) in [6.07, 6.45) is 0. The predicted molar refractivity (Wildman–Crippen MR) is 60.7 cm³/mol. The van der Waals surface area contributed by atoms with Crippen molar-refractivity contribution in [3.63, 3.8) is 0 Å². The van der Waals surface area contributed by atoms with Gasteiger partial charge in [-0.3, -0.25) is 9.59 Å². The highest BCUT2D eigenvalue weighted by atomic mass is 16.5. The lowest BCUT2D eigenvalue weighted by atomic mass is 10.1. The zero-order valence-corrected chi connectivity index (χ0v) is 9.14. The largest absolute Gasteiger partial charge is 0.497 e. The number of carbonyl (C=O) groups is 2. The Labute approximate surface area is 97.5 Å². The average Bonchev–Trinajstić information content (AvgIpc) is 2.35. The smallest absolute Gasteiger partial charge is 0.274 e. The van der Waals surface area contributed by atoms with E-state index in [0.717, 1.165) is 0 Å². The van der Waals surface area contributed by atoms with E-state index in [2.05, 4.69) is 10.3 Å². The van der Waals surface area contributed by atoms with Crippen LogP contribution in [0.15, 0.2) is 29.3 Å². The van der Waals surface area contributed by atoms with E-state index in [9.17, 15) is 9.59 Å². The monoisotopic (exact) mass is 233 g/mol. The van der Waals surface area contributed by atoms with E-state index in [1.807, 2.05) is 0 Å². The summed E-state index contributed by atoms with van der Waals surface area (Å²) in [6, 6.07) is 5.60. The van der Waals surface area contributed by atoms with Gasteiger partial charge in [-0.25, -0.2) is 0 Å². The lowest BCUT2D eigenvalue weighted by Gasteiger charge is -2.17. The van der Waals surface area contributed by atoms with E-state index in [-0.39, 0.29) is 5.84 Å². The average molecular weight is 233 g/mol. The van der Waals surface area contributed by atoms with Crippen molar-refractivity contribution in [2.45, 2.75) is 6.04 Å². The molecule has 0 spiro atoms. The lowest BCUT2D eigenvalue weighted by molar-refractivity contribution is -0.129. The van der Waals surface area contributed by atoms with Crippen LogP contribution in [0.1, 0.15) is 5.56 Å². The van der Waals surface area contributed by atoms with Crippen LogP contribution in [-0.2, 0) is 9.59 Å². The molecule has 3 N–H and O–H groups in total. The van der Waals surface area contributed by atoms with Crippen molar-refractivity contribution in [3.8, 4) is 5.75 Å². The number of hydrogen-bond donors (Lipinski definition) is 2. The van der Waals surface area contributed by atoms with Gasteiger partial charge in [0.2, 0.25) is 0 Å². The maximum absolute atomic E-state index is 11.3. The molecule has 1 aliphatic rings. The summed E-state index contributed by atoms with van der Waals surface area (Å²) in [6.45, 7) is 0. The molecule has 1 aromatic rings. The van der Waals surface area contributed by atoms with E-state index >= 15 is 0 Å². The number of methoxy groups -OCH3 is 1. The third kappa shape index (κ3) is 2.16. The molecule has 1 heterocycles. The van der Waals surface area contributed by atoms with E-state index in [4.69, 9.17) is 10.5 Å². The van der Waals surface area contributed by atoms with Crippen molar-refractivity contribution in [3.05, 3.63) is 29.8 Å². The number of amidine groups is 1. The first kappa shape index (κ1) is 11.3. The first-order chi connectivity index (χ1) is 8.11. The number of nitrogens with one attached hydrogen (secondary N) is 1. The Kier molecular flexibility index (Phi) is 2.88. The van der Waals surface area contributed by atoms with Gasteiger partial charge in [-0.1, -0.05) is 0 Å². The fraction of sp³-hybridized carbons (Fsp3) is 0.182. The number of nitrogens with two attached hydrogens (primary N) is 1. The minimum Gasteiger partial charge on any atom is -0.497 e. The second kappa shape index (κ2) is 4.34. The number of nitrogens with zero attached hydrogens (tertiary/aromatic N) is 1. The van der Waals surface area contributed by atoms with Gasteiger partial charge >= 0.3 is 0 Å². The summed E-state index contributed by atoms with van der Waals surface area (Å²) in [4.78, 5) is 26.4. The molecule has 6 nitrogen and oxygen atoms in total. The zero-order chi connectivity index (χ0) is 12.4. The quantitative estimate of drug-likeness (QED) is 0.668. The molecular weight excluding hydrogens is 222 g/mol. The van der Waals surface area contributed by atoms with Crippen molar-refractivity contribution in [1.82, 2.24) is 5.32 Å². The fourth-order valence-electron chi connectivity index (χ4n) is 1.40. The Morgan fingerprint density at radius 3 is 2.47 bits per heavy atom. The third-order valence-corrected chi connectivity index (χ3v) is 2.38. The molecule has 1 aromatic carbocycles. The highest BCUT2D eigenvalue weighted by molar-refractivity contribution is 6.22. The number of benzene rings is 1. The van der Waals surface area contributed by atoms with Crippen molar-refractivity contribution in [2.24, 2.45) is 10.7 Å². The van der Waals surface area contributed by atoms with Gasteiger partial charge in [0, 0.05) is 5.56 Å². The van der Waals surface area contributed by atoms with Crippen molar-refractivity contribution in [1.29, 1.82) is 0 Å². The van der Waals surface area contributed by atoms with Crippen LogP contribution in [0.4, 0.5) is 0 Å². The van der Waals surface area contributed by atoms with E-state index in [1.165, 1.54) is 0 Å². The van der Waals surface area contributed by atoms with Gasteiger partial charge in [0.25, 0.3) is 11.8 Å². The fourth-order valence-corrected chi connectivity index (χ4v) is 1.40. The molecule has 1 aliphatic heterocycles. The first-order valence-electron chi connectivity index (χ1n) is 4.95. The summed E-state index contributed by atoms with van der Waals surface area (Å²) in [5, 5.41) is 2.47. The molecule has 0 aromatic heterocycles. The Morgan fingerprint density at radius 1 is 1.29 bits per heavy atom. The number of hydrogen-bond acceptors (Lipinski definition) is 4. The molecule has 6 heteroatoms. The molecule has 0 bridgehead atoms. The lowest BCUT2D eigenvalue weighted by Crippen LogP contribution is -2.52. The normalized spacial score (nSPS) is 19.6. The zero-order valence-electron chi connectivity index (χ0n) is 9.14. The van der Waals surface area contributed by atoms with Crippen molar-refractivity contribution < 1.29 is 14.3 Å². The molecule has 0 fully saturated rings. The molecule has 0 radical (unpaired) electrons. The van der Waals surface area contributed by atoms with Gasteiger partial charge in [0.05, 0.1) is 7.11 Å². The van der Waals surface area contributed by atoms with Gasteiger partial charge in [0.1, 0.15) is 11.6 Å². The van der Waals surface area contributed by atoms with Crippen LogP contribution in [-0.4, -0.2) is 30.8 Å². The molecule has 1 atom stereocenters. The number of aliphatic imine (C=N–C) groups is 1. The second-order valence-electron chi connectivity index (χ2n) is 3.49. The van der Waals surface area contributed by atoms with Crippen LogP contribution in [0.2, 0.25) is 0 Å². The van der Waals surface area contributed by atoms with E-state index in [1.54, 1.807) is 31.4 Å². The molecule has 88 valence electrons. The minimum atomic E-state index is -1.21. The highest BCUT2D eigenvalue weighted by Crippen LogP contribution is 2.12. The van der Waals surface area contributed by atoms with Gasteiger partial charge < -0.3 is 15.8 Å². The van der Waals surface area contributed by atoms with Crippen LogP contribution in [0, 0.1) is 0 Å². The summed E-state index contributed by atoms with van der Waals surface area (Å²) in [5.74, 6) is -0.292. The Balaban J connectivity index is 2.31. The number of amides is 2. The number of ether oxygens (including phenoxy) is 1. The molecule has 1 unspecified atom stereocenters. The molecule has 0 saturated heterocycles. The minimum absolute atomic E-state index is 0.212. The summed E-state index contributed by atoms with van der Waals surface area (Å²) in [7, 11) is 1.55. The van der Waals surface area contributed by atoms with Crippen LogP contribution < -0.4 is 15.8 Å². The maximum Gasteiger partial charge on any atom is 0.274 e. The Bertz CT molecular complexity index is 493. The maximum atomic E-state index is 11.3. The van der Waals surface area contributed by atoms with Gasteiger partial charge in [-0.15, -0.1) is 0 Å². The van der Waals surface area contributed by atoms with Crippen molar-refractivity contribution >= 4 is 17.6 Å². The summed E-state index contributed by atoms with van der Waals surface area (Å²) in [5.41, 5.74) is 5.94. The number of carbonyl (C=O) groups excluding carboxylic acids is 2. The van der Waals surface area contributed by atoms with Gasteiger partial charge in [0.15, 0.2) is 6.04 Å². The highest BCUT2D eigenvalue weighted by Gasteiger charge is 2.28. The topological polar surface area (TPSA) is 93.8 Å².